The largest absolute Gasteiger partial charge is 0.351 e. The quantitative estimate of drug-likeness (QED) is 0.940. The van der Waals surface area contributed by atoms with Crippen LogP contribution in [0.5, 0.6) is 0 Å². The number of carbonyl (C=O) groups excluding carboxylic acids is 1. The first-order valence-corrected chi connectivity index (χ1v) is 6.94. The molecule has 0 radical (unpaired) electrons. The molecule has 1 amide bonds. The zero-order chi connectivity index (χ0) is 14.7. The molecule has 1 aromatic carbocycles. The fourth-order valence-corrected chi connectivity index (χ4v) is 2.15. The first kappa shape index (κ1) is 14.5. The normalized spacial score (nSPS) is 10.8. The fraction of sp³-hybridized carbons (Fsp3) is 0.357. The van der Waals surface area contributed by atoms with Crippen molar-refractivity contribution in [3.63, 3.8) is 0 Å². The summed E-state index contributed by atoms with van der Waals surface area (Å²) < 4.78 is 1.63. The molecule has 1 heterocycles. The van der Waals surface area contributed by atoms with Gasteiger partial charge in [-0.25, -0.2) is 0 Å². The first-order chi connectivity index (χ1) is 9.58. The highest BCUT2D eigenvalue weighted by atomic mass is 35.5. The molecule has 0 unspecified atom stereocenters. The number of fused-ring (bicyclic) bond motifs is 1. The first-order valence-electron chi connectivity index (χ1n) is 6.57. The van der Waals surface area contributed by atoms with Crippen LogP contribution in [0, 0.1) is 0 Å². The van der Waals surface area contributed by atoms with Crippen molar-refractivity contribution in [2.75, 3.05) is 6.54 Å². The van der Waals surface area contributed by atoms with Gasteiger partial charge in [0.15, 0.2) is 5.69 Å². The predicted molar refractivity (Wildman–Crippen MR) is 79.3 cm³/mol. The van der Waals surface area contributed by atoms with Crippen LogP contribution in [0.4, 0.5) is 0 Å². The minimum Gasteiger partial charge on any atom is -0.351 e. The summed E-state index contributed by atoms with van der Waals surface area (Å²) in [6.45, 7) is 4.92. The molecule has 6 heteroatoms. The van der Waals surface area contributed by atoms with Gasteiger partial charge in [-0.05, 0) is 31.5 Å². The molecule has 0 fully saturated rings. The Morgan fingerprint density at radius 2 is 2.15 bits per heavy atom. The average molecular weight is 294 g/mol. The molecule has 0 saturated carbocycles. The molecule has 1 aromatic heterocycles. The molecule has 0 aliphatic rings. The van der Waals surface area contributed by atoms with Crippen LogP contribution >= 0.6 is 11.6 Å². The van der Waals surface area contributed by atoms with Crippen LogP contribution in [0.3, 0.4) is 0 Å². The number of benzene rings is 1. The van der Waals surface area contributed by atoms with Crippen LogP contribution in [0.1, 0.15) is 30.8 Å². The van der Waals surface area contributed by atoms with E-state index in [0.29, 0.717) is 29.0 Å². The molecule has 0 atom stereocenters. The van der Waals surface area contributed by atoms with E-state index in [1.54, 1.807) is 22.9 Å². The van der Waals surface area contributed by atoms with Crippen molar-refractivity contribution in [1.82, 2.24) is 15.1 Å². The molecule has 2 aromatic rings. The van der Waals surface area contributed by atoms with E-state index >= 15 is 0 Å². The van der Waals surface area contributed by atoms with Gasteiger partial charge in [0.1, 0.15) is 0 Å². The number of rotatable bonds is 4. The van der Waals surface area contributed by atoms with E-state index in [2.05, 4.69) is 10.4 Å². The number of amides is 1. The SMILES string of the molecule is CCCNC(=O)c1nn(CC)c2ccc(Cl)cc2c1=O. The molecule has 20 heavy (non-hydrogen) atoms. The molecule has 0 saturated heterocycles. The van der Waals surface area contributed by atoms with Gasteiger partial charge in [0.25, 0.3) is 5.91 Å². The summed E-state index contributed by atoms with van der Waals surface area (Å²) in [5.41, 5.74) is 0.199. The van der Waals surface area contributed by atoms with E-state index in [4.69, 9.17) is 11.6 Å². The highest BCUT2D eigenvalue weighted by Gasteiger charge is 2.16. The predicted octanol–water partition coefficient (Wildman–Crippen LogP) is 2.21. The van der Waals surface area contributed by atoms with Crippen molar-refractivity contribution in [1.29, 1.82) is 0 Å². The Morgan fingerprint density at radius 3 is 2.80 bits per heavy atom. The fourth-order valence-electron chi connectivity index (χ4n) is 1.97. The van der Waals surface area contributed by atoms with Gasteiger partial charge in [-0.1, -0.05) is 18.5 Å². The molecular formula is C14H16ClN3O2. The number of aromatic nitrogens is 2. The van der Waals surface area contributed by atoms with E-state index in [-0.39, 0.29) is 11.1 Å². The molecule has 1 N–H and O–H groups in total. The maximum Gasteiger partial charge on any atom is 0.275 e. The third-order valence-electron chi connectivity index (χ3n) is 2.97. The van der Waals surface area contributed by atoms with Gasteiger partial charge in [0.2, 0.25) is 5.43 Å². The Kier molecular flexibility index (Phi) is 4.39. The van der Waals surface area contributed by atoms with Crippen LogP contribution < -0.4 is 10.7 Å². The lowest BCUT2D eigenvalue weighted by Gasteiger charge is -2.10. The summed E-state index contributed by atoms with van der Waals surface area (Å²) in [6, 6.07) is 5.01. The van der Waals surface area contributed by atoms with Crippen molar-refractivity contribution < 1.29 is 4.79 Å². The third kappa shape index (κ3) is 2.67. The van der Waals surface area contributed by atoms with E-state index in [1.165, 1.54) is 0 Å². The minimum atomic E-state index is -0.444. The van der Waals surface area contributed by atoms with Gasteiger partial charge in [-0.3, -0.25) is 14.3 Å². The number of nitrogens with one attached hydrogen (secondary N) is 1. The number of nitrogens with zero attached hydrogens (tertiary/aromatic N) is 2. The zero-order valence-corrected chi connectivity index (χ0v) is 12.2. The van der Waals surface area contributed by atoms with Gasteiger partial charge in [-0.2, -0.15) is 5.10 Å². The van der Waals surface area contributed by atoms with Crippen LogP contribution in [-0.2, 0) is 6.54 Å². The monoisotopic (exact) mass is 293 g/mol. The number of carbonyl (C=O) groups is 1. The topological polar surface area (TPSA) is 64.0 Å². The number of hydrogen-bond acceptors (Lipinski definition) is 3. The second-order valence-electron chi connectivity index (χ2n) is 4.41. The summed E-state index contributed by atoms with van der Waals surface area (Å²) >= 11 is 5.93. The molecular weight excluding hydrogens is 278 g/mol. The number of halogens is 1. The van der Waals surface area contributed by atoms with E-state index in [1.807, 2.05) is 13.8 Å². The lowest BCUT2D eigenvalue weighted by atomic mass is 10.2. The van der Waals surface area contributed by atoms with E-state index in [9.17, 15) is 9.59 Å². The van der Waals surface area contributed by atoms with Gasteiger partial charge >= 0.3 is 0 Å². The van der Waals surface area contributed by atoms with E-state index < -0.39 is 5.91 Å². The average Bonchev–Trinajstić information content (AvgIpc) is 2.45. The second kappa shape index (κ2) is 6.05. The highest BCUT2D eigenvalue weighted by molar-refractivity contribution is 6.31. The molecule has 5 nitrogen and oxygen atoms in total. The van der Waals surface area contributed by atoms with Crippen molar-refractivity contribution in [3.05, 3.63) is 39.1 Å². The van der Waals surface area contributed by atoms with Crippen molar-refractivity contribution >= 4 is 28.4 Å². The highest BCUT2D eigenvalue weighted by Crippen LogP contribution is 2.16. The third-order valence-corrected chi connectivity index (χ3v) is 3.20. The zero-order valence-electron chi connectivity index (χ0n) is 11.4. The van der Waals surface area contributed by atoms with Crippen LogP contribution in [0.2, 0.25) is 5.02 Å². The Hall–Kier alpha value is -1.88. The van der Waals surface area contributed by atoms with Gasteiger partial charge in [-0.15, -0.1) is 0 Å². The Labute approximate surface area is 121 Å². The van der Waals surface area contributed by atoms with E-state index in [0.717, 1.165) is 6.42 Å². The summed E-state index contributed by atoms with van der Waals surface area (Å²) in [5.74, 6) is -0.444. The molecule has 106 valence electrons. The van der Waals surface area contributed by atoms with Gasteiger partial charge in [0.05, 0.1) is 10.9 Å². The molecule has 2 rings (SSSR count). The summed E-state index contributed by atoms with van der Waals surface area (Å²) in [6.07, 6.45) is 0.799. The van der Waals surface area contributed by atoms with Gasteiger partial charge in [0, 0.05) is 18.1 Å². The smallest absolute Gasteiger partial charge is 0.275 e. The summed E-state index contributed by atoms with van der Waals surface area (Å²) in [7, 11) is 0. The van der Waals surface area contributed by atoms with Crippen LogP contribution in [-0.4, -0.2) is 22.2 Å². The molecule has 0 bridgehead atoms. The summed E-state index contributed by atoms with van der Waals surface area (Å²) in [5, 5.41) is 7.70. The lowest BCUT2D eigenvalue weighted by molar-refractivity contribution is 0.0945. The molecule has 0 aliphatic heterocycles. The Bertz CT molecular complexity index is 709. The minimum absolute atomic E-state index is 0.0879. The summed E-state index contributed by atoms with van der Waals surface area (Å²) in [4.78, 5) is 24.4. The van der Waals surface area contributed by atoms with Crippen molar-refractivity contribution in [2.24, 2.45) is 0 Å². The van der Waals surface area contributed by atoms with Crippen LogP contribution in [0.25, 0.3) is 10.9 Å². The Morgan fingerprint density at radius 1 is 1.40 bits per heavy atom. The van der Waals surface area contributed by atoms with Crippen molar-refractivity contribution in [3.8, 4) is 0 Å². The number of aryl methyl sites for hydroxylation is 1. The van der Waals surface area contributed by atoms with Gasteiger partial charge < -0.3 is 5.32 Å². The molecule has 0 aliphatic carbocycles. The van der Waals surface area contributed by atoms with Crippen molar-refractivity contribution in [2.45, 2.75) is 26.8 Å². The second-order valence-corrected chi connectivity index (χ2v) is 4.85. The maximum absolute atomic E-state index is 12.4. The van der Waals surface area contributed by atoms with Crippen LogP contribution in [0.15, 0.2) is 23.0 Å². The maximum atomic E-state index is 12.4. The lowest BCUT2D eigenvalue weighted by Crippen LogP contribution is -2.32. The standard InChI is InChI=1S/C14H16ClN3O2/c1-3-7-16-14(20)12-13(19)10-8-9(15)5-6-11(10)18(4-2)17-12/h5-6,8H,3-4,7H2,1-2H3,(H,16,20). The number of hydrogen-bond donors (Lipinski definition) is 1. The Balaban J connectivity index is 2.64. The molecule has 0 spiro atoms.